The Balaban J connectivity index is 1.15. The standard InChI is InChI=1S/C30H36N7O3/c1-19-14-24(16-26-29(19)33-20(2)32-26)40-28-17-27(31-18-35(28)3)36-11-8-22(9-12-36)37(4)13-10-21-15-23(39-5)6-7-25(21)34-30(37)38/h6-7,14-18,22H,8-13H2,1-5H3,(H-,32,33,34,38)/q+1/p+1. The Labute approximate surface area is 234 Å². The molecule has 6 rings (SSSR count). The highest BCUT2D eigenvalue weighted by atomic mass is 16.5. The third-order valence-electron chi connectivity index (χ3n) is 8.51. The molecule has 0 saturated carbocycles. The third kappa shape index (κ3) is 4.72. The summed E-state index contributed by atoms with van der Waals surface area (Å²) in [5, 5.41) is 3.18. The number of hydrogen-bond acceptors (Lipinski definition) is 6. The molecule has 0 aliphatic carbocycles. The number of likely N-dealkylation sites (N-methyl/N-ethyl adjacent to an activating group) is 1. The summed E-state index contributed by atoms with van der Waals surface area (Å²) >= 11 is 0. The summed E-state index contributed by atoms with van der Waals surface area (Å²) in [6, 6.07) is 12.2. The number of hydrogen-bond donors (Lipinski definition) is 2. The van der Waals surface area contributed by atoms with Crippen molar-refractivity contribution in [3.8, 4) is 17.4 Å². The van der Waals surface area contributed by atoms with Crippen molar-refractivity contribution in [3.05, 3.63) is 59.7 Å². The zero-order valence-corrected chi connectivity index (χ0v) is 23.8. The van der Waals surface area contributed by atoms with E-state index in [0.717, 1.165) is 89.9 Å². The van der Waals surface area contributed by atoms with Gasteiger partial charge in [-0.25, -0.2) is 18.8 Å². The number of urea groups is 1. The van der Waals surface area contributed by atoms with E-state index in [2.05, 4.69) is 27.2 Å². The second kappa shape index (κ2) is 10.1. The first-order chi connectivity index (χ1) is 19.2. The molecule has 2 amide bonds. The molecule has 40 heavy (non-hydrogen) atoms. The van der Waals surface area contributed by atoms with Gasteiger partial charge in [0.25, 0.3) is 18.0 Å². The number of aryl methyl sites for hydroxylation is 3. The lowest BCUT2D eigenvalue weighted by Gasteiger charge is -2.41. The van der Waals surface area contributed by atoms with Gasteiger partial charge in [0.15, 0.2) is 0 Å². The molecule has 0 radical (unpaired) electrons. The average molecular weight is 544 g/mol. The molecule has 1 atom stereocenters. The number of nitrogens with one attached hydrogen (secondary N) is 2. The van der Waals surface area contributed by atoms with Crippen LogP contribution in [0.3, 0.4) is 0 Å². The molecule has 0 spiro atoms. The van der Waals surface area contributed by atoms with E-state index in [0.29, 0.717) is 10.4 Å². The first-order valence-electron chi connectivity index (χ1n) is 13.8. The van der Waals surface area contributed by atoms with Gasteiger partial charge >= 0.3 is 6.03 Å². The van der Waals surface area contributed by atoms with Crippen LogP contribution < -0.4 is 24.3 Å². The smallest absolute Gasteiger partial charge is 0.421 e. The maximum absolute atomic E-state index is 13.4. The molecule has 4 aromatic rings. The average Bonchev–Trinajstić information content (AvgIpc) is 3.28. The van der Waals surface area contributed by atoms with Crippen molar-refractivity contribution in [2.45, 2.75) is 39.2 Å². The quantitative estimate of drug-likeness (QED) is 0.286. The fourth-order valence-corrected chi connectivity index (χ4v) is 6.02. The number of ether oxygens (including phenoxy) is 2. The summed E-state index contributed by atoms with van der Waals surface area (Å²) in [5.74, 6) is 4.04. The van der Waals surface area contributed by atoms with Gasteiger partial charge in [0.2, 0.25) is 0 Å². The Morgan fingerprint density at radius 2 is 1.90 bits per heavy atom. The van der Waals surface area contributed by atoms with Crippen LogP contribution >= 0.6 is 0 Å². The van der Waals surface area contributed by atoms with E-state index in [-0.39, 0.29) is 12.1 Å². The van der Waals surface area contributed by atoms with Crippen LogP contribution in [-0.4, -0.2) is 65.3 Å². The van der Waals surface area contributed by atoms with Crippen molar-refractivity contribution in [2.24, 2.45) is 7.05 Å². The lowest BCUT2D eigenvalue weighted by atomic mass is 10.00. The Kier molecular flexibility index (Phi) is 6.58. The van der Waals surface area contributed by atoms with E-state index in [1.165, 1.54) is 0 Å². The van der Waals surface area contributed by atoms with E-state index in [1.54, 1.807) is 13.4 Å². The van der Waals surface area contributed by atoms with Gasteiger partial charge in [0, 0.05) is 44.1 Å². The fraction of sp³-hybridized carbons (Fsp3) is 0.400. The van der Waals surface area contributed by atoms with Crippen molar-refractivity contribution in [2.75, 3.05) is 44.0 Å². The van der Waals surface area contributed by atoms with Gasteiger partial charge < -0.3 is 19.4 Å². The van der Waals surface area contributed by atoms with Crippen molar-refractivity contribution >= 4 is 28.6 Å². The number of carbonyl (C=O) groups excluding carboxylic acids is 1. The highest BCUT2D eigenvalue weighted by Gasteiger charge is 2.44. The molecule has 10 heteroatoms. The van der Waals surface area contributed by atoms with Crippen LogP contribution in [-0.2, 0) is 13.5 Å². The zero-order valence-electron chi connectivity index (χ0n) is 23.8. The Morgan fingerprint density at radius 1 is 1.10 bits per heavy atom. The monoisotopic (exact) mass is 543 g/mol. The highest BCUT2D eigenvalue weighted by molar-refractivity contribution is 5.86. The van der Waals surface area contributed by atoms with Crippen LogP contribution in [0.5, 0.6) is 17.4 Å². The number of quaternary nitrogens is 1. The van der Waals surface area contributed by atoms with E-state index < -0.39 is 0 Å². The lowest BCUT2D eigenvalue weighted by molar-refractivity contribution is -0.854. The van der Waals surface area contributed by atoms with Gasteiger partial charge in [0.05, 0.1) is 44.8 Å². The minimum atomic E-state index is 0.0580. The summed E-state index contributed by atoms with van der Waals surface area (Å²) in [6.45, 7) is 6.40. The summed E-state index contributed by atoms with van der Waals surface area (Å²) in [4.78, 5) is 28.3. The van der Waals surface area contributed by atoms with Crippen LogP contribution in [0.25, 0.3) is 11.0 Å². The normalized spacial score (nSPS) is 19.7. The van der Waals surface area contributed by atoms with Crippen molar-refractivity contribution in [1.29, 1.82) is 0 Å². The Bertz CT molecular complexity index is 1590. The van der Waals surface area contributed by atoms with Crippen LogP contribution in [0.1, 0.15) is 29.8 Å². The van der Waals surface area contributed by atoms with Gasteiger partial charge in [0.1, 0.15) is 23.4 Å². The number of fused-ring (bicyclic) bond motifs is 2. The van der Waals surface area contributed by atoms with Gasteiger partial charge in [-0.1, -0.05) is 0 Å². The minimum Gasteiger partial charge on any atom is -0.497 e. The number of carbonyl (C=O) groups is 1. The SMILES string of the molecule is COc1ccc2c(c1)CC[N+](C)(C1CCN(c3cc(Oc4cc(C)c5nc(C)[nH]c5c4)[n+](C)cn3)CC1)C(=O)N2. The summed E-state index contributed by atoms with van der Waals surface area (Å²) in [5.41, 5.74) is 4.99. The van der Waals surface area contributed by atoms with E-state index in [1.807, 2.05) is 61.9 Å². The number of imidazole rings is 1. The molecule has 2 aliphatic rings. The molecule has 2 N–H and O–H groups in total. The third-order valence-corrected chi connectivity index (χ3v) is 8.51. The zero-order chi connectivity index (χ0) is 28.0. The number of H-pyrrole nitrogens is 1. The van der Waals surface area contributed by atoms with Crippen LogP contribution in [0.15, 0.2) is 42.7 Å². The maximum atomic E-state index is 13.4. The molecule has 1 fully saturated rings. The number of nitrogens with zero attached hydrogens (tertiary/aromatic N) is 5. The molecule has 2 aromatic heterocycles. The second-order valence-corrected chi connectivity index (χ2v) is 11.2. The molecular formula is C30H37N7O3+2. The van der Waals surface area contributed by atoms with E-state index in [9.17, 15) is 4.79 Å². The molecule has 208 valence electrons. The minimum absolute atomic E-state index is 0.0580. The van der Waals surface area contributed by atoms with Crippen molar-refractivity contribution in [3.63, 3.8) is 0 Å². The first kappa shape index (κ1) is 26.1. The summed E-state index contributed by atoms with van der Waals surface area (Å²) in [7, 11) is 5.68. The predicted molar refractivity (Wildman–Crippen MR) is 153 cm³/mol. The number of aromatic amines is 1. The van der Waals surface area contributed by atoms with Crippen LogP contribution in [0, 0.1) is 13.8 Å². The number of rotatable bonds is 5. The maximum Gasteiger partial charge on any atom is 0.421 e. The van der Waals surface area contributed by atoms with Gasteiger partial charge in [-0.2, -0.15) is 0 Å². The molecule has 0 bridgehead atoms. The van der Waals surface area contributed by atoms with Crippen molar-refractivity contribution < 1.29 is 23.3 Å². The number of piperidine rings is 1. The predicted octanol–water partition coefficient (Wildman–Crippen LogP) is 4.40. The number of anilines is 2. The molecular weight excluding hydrogens is 506 g/mol. The largest absolute Gasteiger partial charge is 0.497 e. The van der Waals surface area contributed by atoms with Gasteiger partial charge in [-0.05, 0) is 54.2 Å². The Hall–Kier alpha value is -4.18. The number of aromatic nitrogens is 4. The second-order valence-electron chi connectivity index (χ2n) is 11.2. The molecule has 1 unspecified atom stereocenters. The highest BCUT2D eigenvalue weighted by Crippen LogP contribution is 2.33. The van der Waals surface area contributed by atoms with E-state index in [4.69, 9.17) is 14.5 Å². The number of benzene rings is 2. The summed E-state index contributed by atoms with van der Waals surface area (Å²) < 4.78 is 14.0. The first-order valence-corrected chi connectivity index (χ1v) is 13.8. The van der Waals surface area contributed by atoms with Gasteiger partial charge in [-0.15, -0.1) is 0 Å². The van der Waals surface area contributed by atoms with Crippen LogP contribution in [0.4, 0.5) is 16.3 Å². The number of amides is 2. The molecule has 10 nitrogen and oxygen atoms in total. The van der Waals surface area contributed by atoms with E-state index >= 15 is 0 Å². The van der Waals surface area contributed by atoms with Crippen molar-refractivity contribution in [1.82, 2.24) is 15.0 Å². The summed E-state index contributed by atoms with van der Waals surface area (Å²) in [6.07, 6.45) is 4.42. The van der Waals surface area contributed by atoms with Gasteiger partial charge in [-0.3, -0.25) is 5.32 Å². The Morgan fingerprint density at radius 3 is 2.67 bits per heavy atom. The molecule has 2 aliphatic heterocycles. The topological polar surface area (TPSA) is 96.2 Å². The van der Waals surface area contributed by atoms with Crippen LogP contribution in [0.2, 0.25) is 0 Å². The lowest BCUT2D eigenvalue weighted by Crippen LogP contribution is -2.61. The number of methoxy groups -OCH3 is 1. The molecule has 1 saturated heterocycles. The molecule has 2 aromatic carbocycles. The molecule has 4 heterocycles. The fourth-order valence-electron chi connectivity index (χ4n) is 6.02.